The minimum Gasteiger partial charge on any atom is -0.294 e. The van der Waals surface area contributed by atoms with Crippen LogP contribution >= 0.6 is 0 Å². The van der Waals surface area contributed by atoms with E-state index in [-0.39, 0.29) is 5.78 Å². The van der Waals surface area contributed by atoms with Gasteiger partial charge in [-0.2, -0.15) is 13.2 Å². The molecule has 0 atom stereocenters. The third-order valence-electron chi connectivity index (χ3n) is 3.08. The first-order valence-electron chi connectivity index (χ1n) is 7.08. The molecule has 0 spiro atoms. The normalized spacial score (nSPS) is 10.7. The highest BCUT2D eigenvalue weighted by molar-refractivity contribution is 6.01. The molecule has 0 amide bonds. The van der Waals surface area contributed by atoms with Crippen LogP contribution in [0.3, 0.4) is 0 Å². The lowest BCUT2D eigenvalue weighted by Crippen LogP contribution is -2.04. The zero-order valence-corrected chi connectivity index (χ0v) is 13.1. The number of Topliss-reactive ketones (excluding diaryl/α,β-unsaturated/α-hetero) is 1. The van der Waals surface area contributed by atoms with Crippen molar-refractivity contribution in [2.24, 2.45) is 0 Å². The zero-order valence-electron chi connectivity index (χ0n) is 13.1. The van der Waals surface area contributed by atoms with Crippen molar-refractivity contribution in [1.82, 2.24) is 0 Å². The lowest BCUT2D eigenvalue weighted by atomic mass is 9.95. The average Bonchev–Trinajstić information content (AvgIpc) is 2.48. The highest BCUT2D eigenvalue weighted by Gasteiger charge is 2.30. The summed E-state index contributed by atoms with van der Waals surface area (Å²) >= 11 is 0. The van der Waals surface area contributed by atoms with Crippen LogP contribution in [0.1, 0.15) is 42.3 Å². The zero-order chi connectivity index (χ0) is 16.9. The van der Waals surface area contributed by atoms with Crippen molar-refractivity contribution in [3.8, 4) is 11.1 Å². The van der Waals surface area contributed by atoms with Gasteiger partial charge in [0.15, 0.2) is 5.78 Å². The number of hydrogen-bond acceptors (Lipinski definition) is 1. The number of alkyl halides is 3. The van der Waals surface area contributed by atoms with Gasteiger partial charge in [0.1, 0.15) is 0 Å². The van der Waals surface area contributed by atoms with E-state index in [0.717, 1.165) is 17.7 Å². The van der Waals surface area contributed by atoms with E-state index >= 15 is 0 Å². The molecule has 0 N–H and O–H groups in total. The lowest BCUT2D eigenvalue weighted by molar-refractivity contribution is -0.137. The van der Waals surface area contributed by atoms with E-state index < -0.39 is 11.7 Å². The third kappa shape index (κ3) is 4.20. The summed E-state index contributed by atoms with van der Waals surface area (Å²) in [5, 5.41) is 0. The summed E-state index contributed by atoms with van der Waals surface area (Å²) in [6, 6.07) is 10.2. The molecule has 2 rings (SSSR count). The maximum Gasteiger partial charge on any atom is 0.416 e. The largest absolute Gasteiger partial charge is 0.416 e. The van der Waals surface area contributed by atoms with Crippen molar-refractivity contribution < 1.29 is 18.0 Å². The van der Waals surface area contributed by atoms with E-state index in [4.69, 9.17) is 0 Å². The lowest BCUT2D eigenvalue weighted by Gasteiger charge is -2.11. The summed E-state index contributed by atoms with van der Waals surface area (Å²) in [6.07, 6.45) is -4.35. The van der Waals surface area contributed by atoms with Crippen molar-refractivity contribution >= 4 is 5.78 Å². The van der Waals surface area contributed by atoms with Crippen molar-refractivity contribution in [3.05, 3.63) is 59.2 Å². The van der Waals surface area contributed by atoms with Gasteiger partial charge < -0.3 is 0 Å². The van der Waals surface area contributed by atoms with Crippen molar-refractivity contribution in [1.29, 1.82) is 0 Å². The SMILES string of the molecule is CC.CC(=O)c1cc(C)ccc1-c1ccc(C(F)(F)F)cc1. The number of hydrogen-bond donors (Lipinski definition) is 0. The van der Waals surface area contributed by atoms with E-state index in [1.54, 1.807) is 12.1 Å². The van der Waals surface area contributed by atoms with Gasteiger partial charge in [0.05, 0.1) is 5.56 Å². The highest BCUT2D eigenvalue weighted by atomic mass is 19.4. The molecule has 0 aliphatic heterocycles. The summed E-state index contributed by atoms with van der Waals surface area (Å²) in [7, 11) is 0. The minimum atomic E-state index is -4.35. The number of ketones is 1. The van der Waals surface area contributed by atoms with Gasteiger partial charge in [0, 0.05) is 5.56 Å². The van der Waals surface area contributed by atoms with Gasteiger partial charge in [-0.3, -0.25) is 4.79 Å². The molecule has 0 aliphatic rings. The van der Waals surface area contributed by atoms with Gasteiger partial charge in [-0.25, -0.2) is 0 Å². The van der Waals surface area contributed by atoms with E-state index in [1.807, 2.05) is 26.8 Å². The van der Waals surface area contributed by atoms with Crippen LogP contribution in [-0.2, 0) is 6.18 Å². The summed E-state index contributed by atoms with van der Waals surface area (Å²) in [5.74, 6) is -0.108. The number of aryl methyl sites for hydroxylation is 1. The molecule has 0 aliphatic carbocycles. The Morgan fingerprint density at radius 1 is 0.955 bits per heavy atom. The number of benzene rings is 2. The fourth-order valence-electron chi connectivity index (χ4n) is 2.04. The molecule has 0 radical (unpaired) electrons. The van der Waals surface area contributed by atoms with E-state index in [0.29, 0.717) is 16.7 Å². The minimum absolute atomic E-state index is 0.108. The predicted molar refractivity (Wildman–Crippen MR) is 83.0 cm³/mol. The Balaban J connectivity index is 0.00000116. The quantitative estimate of drug-likeness (QED) is 0.630. The third-order valence-corrected chi connectivity index (χ3v) is 3.08. The molecule has 0 saturated carbocycles. The molecule has 0 heterocycles. The van der Waals surface area contributed by atoms with Crippen molar-refractivity contribution in [2.75, 3.05) is 0 Å². The second-order valence-corrected chi connectivity index (χ2v) is 4.68. The first-order chi connectivity index (χ1) is 10.3. The van der Waals surface area contributed by atoms with Gasteiger partial charge in [0.2, 0.25) is 0 Å². The van der Waals surface area contributed by atoms with Crippen LogP contribution in [0.15, 0.2) is 42.5 Å². The fourth-order valence-corrected chi connectivity index (χ4v) is 2.04. The molecule has 1 nitrogen and oxygen atoms in total. The van der Waals surface area contributed by atoms with Crippen LogP contribution < -0.4 is 0 Å². The summed E-state index contributed by atoms with van der Waals surface area (Å²) in [4.78, 5) is 11.6. The molecule has 0 fully saturated rings. The Morgan fingerprint density at radius 2 is 1.50 bits per heavy atom. The average molecular weight is 308 g/mol. The molecular formula is C18H19F3O. The monoisotopic (exact) mass is 308 g/mol. The first-order valence-corrected chi connectivity index (χ1v) is 7.08. The Hall–Kier alpha value is -2.10. The second-order valence-electron chi connectivity index (χ2n) is 4.68. The summed E-state index contributed by atoms with van der Waals surface area (Å²) in [6.45, 7) is 7.31. The number of halogens is 3. The molecule has 2 aromatic rings. The standard InChI is InChI=1S/C16H13F3O.C2H6/c1-10-3-8-14(15(9-10)11(2)20)12-4-6-13(7-5-12)16(17,18)19;1-2/h3-9H,1-2H3;1-2H3. The number of carbonyl (C=O) groups is 1. The topological polar surface area (TPSA) is 17.1 Å². The van der Waals surface area contributed by atoms with Crippen LogP contribution in [0.4, 0.5) is 13.2 Å². The Morgan fingerprint density at radius 3 is 1.95 bits per heavy atom. The molecule has 0 saturated heterocycles. The fraction of sp³-hybridized carbons (Fsp3) is 0.278. The van der Waals surface area contributed by atoms with Gasteiger partial charge in [-0.15, -0.1) is 0 Å². The van der Waals surface area contributed by atoms with Crippen molar-refractivity contribution in [2.45, 2.75) is 33.9 Å². The molecule has 2 aromatic carbocycles. The van der Waals surface area contributed by atoms with E-state index in [2.05, 4.69) is 0 Å². The first kappa shape index (κ1) is 18.0. The van der Waals surface area contributed by atoms with E-state index in [9.17, 15) is 18.0 Å². The summed E-state index contributed by atoms with van der Waals surface area (Å²) in [5.41, 5.74) is 2.01. The summed E-state index contributed by atoms with van der Waals surface area (Å²) < 4.78 is 37.6. The second kappa shape index (κ2) is 7.25. The maximum absolute atomic E-state index is 12.5. The van der Waals surface area contributed by atoms with Crippen LogP contribution in [0.5, 0.6) is 0 Å². The molecule has 0 bridgehead atoms. The van der Waals surface area contributed by atoms with Gasteiger partial charge in [-0.1, -0.05) is 43.7 Å². The highest BCUT2D eigenvalue weighted by Crippen LogP contribution is 2.32. The smallest absolute Gasteiger partial charge is 0.294 e. The van der Waals surface area contributed by atoms with Crippen LogP contribution in [0, 0.1) is 6.92 Å². The van der Waals surface area contributed by atoms with Gasteiger partial charge in [-0.05, 0) is 43.2 Å². The number of rotatable bonds is 2. The van der Waals surface area contributed by atoms with Crippen molar-refractivity contribution in [3.63, 3.8) is 0 Å². The molecule has 22 heavy (non-hydrogen) atoms. The van der Waals surface area contributed by atoms with Crippen LogP contribution in [0.25, 0.3) is 11.1 Å². The van der Waals surface area contributed by atoms with Crippen LogP contribution in [-0.4, -0.2) is 5.78 Å². The Labute approximate surface area is 128 Å². The number of carbonyl (C=O) groups excluding carboxylic acids is 1. The molecule has 0 unspecified atom stereocenters. The predicted octanol–water partition coefficient (Wildman–Crippen LogP) is 5.91. The molecular weight excluding hydrogens is 289 g/mol. The molecule has 0 aromatic heterocycles. The Bertz CT molecular complexity index is 640. The maximum atomic E-state index is 12.5. The van der Waals surface area contributed by atoms with Gasteiger partial charge >= 0.3 is 6.18 Å². The van der Waals surface area contributed by atoms with E-state index in [1.165, 1.54) is 19.1 Å². The molecule has 118 valence electrons. The molecule has 4 heteroatoms. The van der Waals surface area contributed by atoms with Crippen LogP contribution in [0.2, 0.25) is 0 Å². The van der Waals surface area contributed by atoms with Gasteiger partial charge in [0.25, 0.3) is 0 Å². The Kier molecular flexibility index (Phi) is 5.92.